The Balaban J connectivity index is 2.13. The molecule has 0 saturated carbocycles. The average molecular weight is 570 g/mol. The summed E-state index contributed by atoms with van der Waals surface area (Å²) in [4.78, 5) is 43.3. The van der Waals surface area contributed by atoms with E-state index in [1.165, 1.54) is 4.90 Å². The minimum atomic E-state index is -1.09. The highest BCUT2D eigenvalue weighted by Crippen LogP contribution is 2.34. The van der Waals surface area contributed by atoms with Crippen molar-refractivity contribution in [3.8, 4) is 12.3 Å². The number of rotatable bonds is 8. The largest absolute Gasteiger partial charge is 0.444 e. The zero-order chi connectivity index (χ0) is 31.2. The highest BCUT2D eigenvalue weighted by Gasteiger charge is 2.43. The van der Waals surface area contributed by atoms with Crippen molar-refractivity contribution in [2.24, 2.45) is 5.92 Å². The Morgan fingerprint density at radius 3 is 2.14 bits per heavy atom. The van der Waals surface area contributed by atoms with Gasteiger partial charge in [0.25, 0.3) is 5.91 Å². The Bertz CT molecular complexity index is 1480. The maximum Gasteiger partial charge on any atom is 0.408 e. The minimum absolute atomic E-state index is 0.248. The first-order chi connectivity index (χ1) is 19.7. The lowest BCUT2D eigenvalue weighted by Crippen LogP contribution is -2.59. The molecule has 0 aliphatic heterocycles. The second-order valence-corrected chi connectivity index (χ2v) is 12.6. The van der Waals surface area contributed by atoms with Crippen LogP contribution in [0.15, 0.2) is 66.7 Å². The highest BCUT2D eigenvalue weighted by molar-refractivity contribution is 6.01. The van der Waals surface area contributed by atoms with Crippen LogP contribution in [0.1, 0.15) is 79.0 Å². The minimum Gasteiger partial charge on any atom is -0.444 e. The summed E-state index contributed by atoms with van der Waals surface area (Å²) in [5.74, 6) is 1.60. The molecular formula is C35H43N3O4. The number of nitrogens with zero attached hydrogens (tertiary/aromatic N) is 1. The maximum atomic E-state index is 14.6. The SMILES string of the molecule is C#Cc1ccccc1C(C(=O)Nc1ccc2ccccc2c1)N(C(=O)C(NC(=O)OC(C)(C)C)C(C)CC)C(C)(C)C. The Kier molecular flexibility index (Phi) is 10.1. The van der Waals surface area contributed by atoms with E-state index >= 15 is 0 Å². The number of hydrogen-bond donors (Lipinski definition) is 2. The van der Waals surface area contributed by atoms with Crippen molar-refractivity contribution < 1.29 is 19.1 Å². The number of carbonyl (C=O) groups is 3. The van der Waals surface area contributed by atoms with Gasteiger partial charge in [0.2, 0.25) is 5.91 Å². The van der Waals surface area contributed by atoms with Gasteiger partial charge < -0.3 is 20.3 Å². The lowest BCUT2D eigenvalue weighted by atomic mass is 9.90. The average Bonchev–Trinajstić information content (AvgIpc) is 2.92. The third-order valence-electron chi connectivity index (χ3n) is 7.05. The molecule has 3 unspecified atom stereocenters. The van der Waals surface area contributed by atoms with Crippen molar-refractivity contribution in [3.63, 3.8) is 0 Å². The van der Waals surface area contributed by atoms with Crippen LogP contribution >= 0.6 is 0 Å². The second-order valence-electron chi connectivity index (χ2n) is 12.6. The Morgan fingerprint density at radius 1 is 0.929 bits per heavy atom. The predicted molar refractivity (Wildman–Crippen MR) is 169 cm³/mol. The van der Waals surface area contributed by atoms with E-state index in [9.17, 15) is 14.4 Å². The fourth-order valence-corrected chi connectivity index (χ4v) is 4.85. The molecule has 0 aliphatic carbocycles. The first-order valence-corrected chi connectivity index (χ1v) is 14.3. The lowest BCUT2D eigenvalue weighted by molar-refractivity contribution is -0.147. The summed E-state index contributed by atoms with van der Waals surface area (Å²) in [6, 6.07) is 18.6. The van der Waals surface area contributed by atoms with E-state index in [1.54, 1.807) is 45.0 Å². The number of ether oxygens (including phenoxy) is 1. The van der Waals surface area contributed by atoms with Crippen molar-refractivity contribution in [1.29, 1.82) is 0 Å². The second kappa shape index (κ2) is 13.1. The van der Waals surface area contributed by atoms with Crippen LogP contribution < -0.4 is 10.6 Å². The first kappa shape index (κ1) is 32.2. The monoisotopic (exact) mass is 569 g/mol. The smallest absolute Gasteiger partial charge is 0.408 e. The molecule has 0 aliphatic rings. The molecule has 0 aromatic heterocycles. The zero-order valence-electron chi connectivity index (χ0n) is 25.9. The molecule has 0 spiro atoms. The Morgan fingerprint density at radius 2 is 1.55 bits per heavy atom. The molecule has 3 aromatic carbocycles. The number of alkyl carbamates (subject to hydrolysis) is 1. The Hall–Kier alpha value is -4.31. The van der Waals surface area contributed by atoms with Gasteiger partial charge in [0.15, 0.2) is 0 Å². The van der Waals surface area contributed by atoms with E-state index in [-0.39, 0.29) is 5.92 Å². The van der Waals surface area contributed by atoms with Gasteiger partial charge in [-0.05, 0) is 82.0 Å². The van der Waals surface area contributed by atoms with Gasteiger partial charge in [-0.15, -0.1) is 6.42 Å². The molecule has 7 nitrogen and oxygen atoms in total. The van der Waals surface area contributed by atoms with E-state index < -0.39 is 41.1 Å². The summed E-state index contributed by atoms with van der Waals surface area (Å²) < 4.78 is 5.50. The van der Waals surface area contributed by atoms with Gasteiger partial charge in [0.05, 0.1) is 0 Å². The van der Waals surface area contributed by atoms with Crippen molar-refractivity contribution in [2.75, 3.05) is 5.32 Å². The topological polar surface area (TPSA) is 87.7 Å². The number of fused-ring (bicyclic) bond motifs is 1. The van der Waals surface area contributed by atoms with Gasteiger partial charge in [0, 0.05) is 16.8 Å². The van der Waals surface area contributed by atoms with Crippen LogP contribution in [0.2, 0.25) is 0 Å². The van der Waals surface area contributed by atoms with Gasteiger partial charge >= 0.3 is 6.09 Å². The van der Waals surface area contributed by atoms with Crippen molar-refractivity contribution in [1.82, 2.24) is 10.2 Å². The molecule has 3 rings (SSSR count). The first-order valence-electron chi connectivity index (χ1n) is 14.3. The predicted octanol–water partition coefficient (Wildman–Crippen LogP) is 7.07. The van der Waals surface area contributed by atoms with Crippen molar-refractivity contribution >= 4 is 34.4 Å². The number of nitrogens with one attached hydrogen (secondary N) is 2. The van der Waals surface area contributed by atoms with Crippen LogP contribution in [0.4, 0.5) is 10.5 Å². The van der Waals surface area contributed by atoms with E-state index in [4.69, 9.17) is 11.2 Å². The summed E-state index contributed by atoms with van der Waals surface area (Å²) in [5, 5.41) is 7.84. The number of amides is 3. The fraction of sp³-hybridized carbons (Fsp3) is 0.400. The molecule has 0 fully saturated rings. The third kappa shape index (κ3) is 7.91. The molecule has 3 aromatic rings. The van der Waals surface area contributed by atoms with E-state index in [0.29, 0.717) is 23.2 Å². The van der Waals surface area contributed by atoms with Crippen LogP contribution in [0.25, 0.3) is 10.8 Å². The molecule has 0 bridgehead atoms. The van der Waals surface area contributed by atoms with E-state index in [2.05, 4.69) is 16.6 Å². The summed E-state index contributed by atoms with van der Waals surface area (Å²) >= 11 is 0. The molecular weight excluding hydrogens is 526 g/mol. The lowest BCUT2D eigenvalue weighted by Gasteiger charge is -2.44. The quantitative estimate of drug-likeness (QED) is 0.284. The highest BCUT2D eigenvalue weighted by atomic mass is 16.6. The molecule has 222 valence electrons. The van der Waals surface area contributed by atoms with Gasteiger partial charge in [-0.3, -0.25) is 9.59 Å². The number of anilines is 1. The van der Waals surface area contributed by atoms with Gasteiger partial charge in [-0.2, -0.15) is 0 Å². The Labute approximate surface area is 250 Å². The molecule has 3 amide bonds. The summed E-state index contributed by atoms with van der Waals surface area (Å²) in [5.41, 5.74) is 0.0183. The van der Waals surface area contributed by atoms with Crippen LogP contribution in [-0.4, -0.2) is 40.0 Å². The molecule has 0 saturated heterocycles. The van der Waals surface area contributed by atoms with Gasteiger partial charge in [-0.1, -0.05) is 74.7 Å². The summed E-state index contributed by atoms with van der Waals surface area (Å²) in [7, 11) is 0. The maximum absolute atomic E-state index is 14.6. The standard InChI is InChI=1S/C35H43N3O4/c1-10-23(3)29(37-33(41)42-35(7,8)9)32(40)38(34(4,5)6)30(28-19-15-14-16-24(28)11-2)31(39)36-27-21-20-25-17-12-13-18-26(25)22-27/h2,12-23,29-30H,10H2,1,3-9H3,(H,36,39)(H,37,41). The molecule has 7 heteroatoms. The molecule has 0 radical (unpaired) electrons. The van der Waals surface area contributed by atoms with Crippen molar-refractivity contribution in [2.45, 2.75) is 85.0 Å². The number of benzene rings is 3. The summed E-state index contributed by atoms with van der Waals surface area (Å²) in [6.07, 6.45) is 5.80. The normalized spacial score (nSPS) is 13.8. The van der Waals surface area contributed by atoms with E-state index in [1.807, 2.05) is 77.1 Å². The molecule has 42 heavy (non-hydrogen) atoms. The van der Waals surface area contributed by atoms with E-state index in [0.717, 1.165) is 10.8 Å². The number of terminal acetylenes is 1. The fourth-order valence-electron chi connectivity index (χ4n) is 4.85. The molecule has 0 heterocycles. The summed E-state index contributed by atoms with van der Waals surface area (Å²) in [6.45, 7) is 14.7. The van der Waals surface area contributed by atoms with Crippen molar-refractivity contribution in [3.05, 3.63) is 77.9 Å². The third-order valence-corrected chi connectivity index (χ3v) is 7.05. The number of carbonyl (C=O) groups excluding carboxylic acids is 3. The van der Waals surface area contributed by atoms with Gasteiger partial charge in [-0.25, -0.2) is 4.79 Å². The molecule has 2 N–H and O–H groups in total. The van der Waals surface area contributed by atoms with Gasteiger partial charge in [0.1, 0.15) is 17.7 Å². The molecule has 3 atom stereocenters. The number of hydrogen-bond acceptors (Lipinski definition) is 4. The zero-order valence-corrected chi connectivity index (χ0v) is 25.9. The van der Waals surface area contributed by atoms with Crippen LogP contribution in [-0.2, 0) is 14.3 Å². The van der Waals surface area contributed by atoms with Crippen LogP contribution in [0.3, 0.4) is 0 Å². The van der Waals surface area contributed by atoms with Crippen LogP contribution in [0.5, 0.6) is 0 Å². The van der Waals surface area contributed by atoms with Crippen LogP contribution in [0, 0.1) is 18.3 Å².